The van der Waals surface area contributed by atoms with Crippen LogP contribution in [0.15, 0.2) is 0 Å². The van der Waals surface area contributed by atoms with Gasteiger partial charge < -0.3 is 10.1 Å². The fourth-order valence-electron chi connectivity index (χ4n) is 1.33. The number of nitrogens with one attached hydrogen (secondary N) is 1. The van der Waals surface area contributed by atoms with Gasteiger partial charge in [0, 0.05) is 11.9 Å². The minimum absolute atomic E-state index is 0.107. The maximum Gasteiger partial charge on any atom is 0.256 e. The molecule has 1 aliphatic heterocycles. The van der Waals surface area contributed by atoms with E-state index < -0.39 is 9.84 Å². The van der Waals surface area contributed by atoms with E-state index in [1.165, 1.54) is 0 Å². The molecule has 8 heteroatoms. The number of rotatable bonds is 4. The lowest BCUT2D eigenvalue weighted by Crippen LogP contribution is -2.36. The second-order valence-electron chi connectivity index (χ2n) is 3.59. The molecule has 2 atom stereocenters. The van der Waals surface area contributed by atoms with Crippen molar-refractivity contribution >= 4 is 50.4 Å². The third-order valence-electron chi connectivity index (χ3n) is 2.12. The molecule has 0 aliphatic carbocycles. The summed E-state index contributed by atoms with van der Waals surface area (Å²) in [5, 5.41) is 2.72. The van der Waals surface area contributed by atoms with Crippen molar-refractivity contribution in [2.75, 3.05) is 24.0 Å². The van der Waals surface area contributed by atoms with E-state index in [9.17, 15) is 8.42 Å². The van der Waals surface area contributed by atoms with Crippen molar-refractivity contribution in [2.24, 2.45) is 0 Å². The van der Waals surface area contributed by atoms with Crippen LogP contribution >= 0.6 is 35.4 Å². The van der Waals surface area contributed by atoms with Crippen molar-refractivity contribution in [1.82, 2.24) is 5.32 Å². The van der Waals surface area contributed by atoms with Gasteiger partial charge in [0.25, 0.3) is 5.17 Å². The van der Waals surface area contributed by atoms with Crippen LogP contribution in [0.5, 0.6) is 0 Å². The first kappa shape index (κ1) is 14.3. The summed E-state index contributed by atoms with van der Waals surface area (Å²) < 4.78 is 27.5. The summed E-state index contributed by atoms with van der Waals surface area (Å²) in [6.45, 7) is 0.219. The van der Waals surface area contributed by atoms with Gasteiger partial charge in [-0.15, -0.1) is 23.2 Å². The lowest BCUT2D eigenvalue weighted by Gasteiger charge is -2.15. The van der Waals surface area contributed by atoms with E-state index in [0.29, 0.717) is 6.42 Å². The first-order chi connectivity index (χ1) is 7.43. The molecule has 0 aromatic rings. The zero-order chi connectivity index (χ0) is 12.2. The van der Waals surface area contributed by atoms with Crippen molar-refractivity contribution in [3.05, 3.63) is 0 Å². The van der Waals surface area contributed by atoms with Gasteiger partial charge in [0.1, 0.15) is 6.61 Å². The molecule has 1 heterocycles. The second-order valence-corrected chi connectivity index (χ2v) is 7.12. The number of sulfone groups is 1. The Labute approximate surface area is 111 Å². The maximum absolute atomic E-state index is 11.2. The van der Waals surface area contributed by atoms with Gasteiger partial charge in [-0.2, -0.15) is 0 Å². The smallest absolute Gasteiger partial charge is 0.256 e. The van der Waals surface area contributed by atoms with E-state index >= 15 is 0 Å². The van der Waals surface area contributed by atoms with Gasteiger partial charge in [0.2, 0.25) is 0 Å². The summed E-state index contributed by atoms with van der Waals surface area (Å²) in [7, 11) is -2.90. The molecule has 0 unspecified atom stereocenters. The molecule has 94 valence electrons. The number of halogens is 2. The van der Waals surface area contributed by atoms with E-state index in [4.69, 9.17) is 40.2 Å². The van der Waals surface area contributed by atoms with Crippen molar-refractivity contribution in [3.8, 4) is 0 Å². The zero-order valence-corrected chi connectivity index (χ0v) is 11.6. The Hall–Kier alpha value is 0.220. The largest absolute Gasteiger partial charge is 0.469 e. The molecule has 1 rings (SSSR count). The number of ether oxygens (including phenoxy) is 1. The first-order valence-corrected chi connectivity index (χ1v) is 7.97. The third kappa shape index (κ3) is 5.03. The number of hydrogen-bond donors (Lipinski definition) is 1. The van der Waals surface area contributed by atoms with Gasteiger partial charge in [0.05, 0.1) is 16.9 Å². The number of hydrogen-bond acceptors (Lipinski definition) is 4. The van der Waals surface area contributed by atoms with E-state index in [-0.39, 0.29) is 40.6 Å². The standard InChI is InChI=1S/C8H13Cl2NO3S2/c9-3-6(10)4-14-8(15)11-7-1-2-16(12,13)5-7/h6-7H,1-5H2,(H,11,15)/t6-,7-/m0/s1. The summed E-state index contributed by atoms with van der Waals surface area (Å²) >= 11 is 16.1. The Morgan fingerprint density at radius 2 is 2.31 bits per heavy atom. The molecule has 0 amide bonds. The molecule has 0 aromatic carbocycles. The molecule has 1 fully saturated rings. The Balaban J connectivity index is 2.25. The highest BCUT2D eigenvalue weighted by Crippen LogP contribution is 2.11. The molecule has 1 aliphatic rings. The Bertz CT molecular complexity index is 347. The highest BCUT2D eigenvalue weighted by atomic mass is 35.5. The molecular formula is C8H13Cl2NO3S2. The minimum Gasteiger partial charge on any atom is -0.469 e. The Morgan fingerprint density at radius 1 is 1.62 bits per heavy atom. The van der Waals surface area contributed by atoms with Crippen molar-refractivity contribution < 1.29 is 13.2 Å². The molecule has 0 spiro atoms. The fourth-order valence-corrected chi connectivity index (χ4v) is 3.39. The second kappa shape index (κ2) is 6.23. The van der Waals surface area contributed by atoms with Gasteiger partial charge >= 0.3 is 0 Å². The SMILES string of the molecule is O=S1(=O)CC[C@H](NC(=S)OC[C@@H](Cl)CCl)C1. The van der Waals surface area contributed by atoms with Crippen LogP contribution in [-0.2, 0) is 14.6 Å². The summed E-state index contributed by atoms with van der Waals surface area (Å²) in [5.41, 5.74) is 0. The monoisotopic (exact) mass is 305 g/mol. The van der Waals surface area contributed by atoms with Crippen LogP contribution in [0.25, 0.3) is 0 Å². The molecule has 0 saturated carbocycles. The Morgan fingerprint density at radius 3 is 2.81 bits per heavy atom. The molecular weight excluding hydrogens is 293 g/mol. The zero-order valence-electron chi connectivity index (χ0n) is 8.49. The third-order valence-corrected chi connectivity index (χ3v) is 4.93. The predicted molar refractivity (Wildman–Crippen MR) is 69.1 cm³/mol. The van der Waals surface area contributed by atoms with Crippen LogP contribution in [0.4, 0.5) is 0 Å². The van der Waals surface area contributed by atoms with Crippen LogP contribution in [0.1, 0.15) is 6.42 Å². The topological polar surface area (TPSA) is 55.4 Å². The molecule has 16 heavy (non-hydrogen) atoms. The van der Waals surface area contributed by atoms with Crippen molar-refractivity contribution in [3.63, 3.8) is 0 Å². The molecule has 1 saturated heterocycles. The Kier molecular flexibility index (Phi) is 5.56. The van der Waals surface area contributed by atoms with Crippen LogP contribution in [0.3, 0.4) is 0 Å². The van der Waals surface area contributed by atoms with Crippen LogP contribution in [0.2, 0.25) is 0 Å². The quantitative estimate of drug-likeness (QED) is 0.618. The summed E-state index contributed by atoms with van der Waals surface area (Å²) in [6.07, 6.45) is 0.561. The van der Waals surface area contributed by atoms with E-state index in [2.05, 4.69) is 5.32 Å². The molecule has 0 aromatic heterocycles. The van der Waals surface area contributed by atoms with Crippen LogP contribution in [0, 0.1) is 0 Å². The van der Waals surface area contributed by atoms with Crippen LogP contribution in [-0.4, -0.2) is 49.0 Å². The molecule has 0 bridgehead atoms. The van der Waals surface area contributed by atoms with Gasteiger partial charge in [-0.05, 0) is 18.6 Å². The summed E-state index contributed by atoms with van der Waals surface area (Å²) in [6, 6.07) is -0.151. The van der Waals surface area contributed by atoms with E-state index in [1.54, 1.807) is 0 Å². The highest BCUT2D eigenvalue weighted by molar-refractivity contribution is 7.91. The van der Waals surface area contributed by atoms with E-state index in [1.807, 2.05) is 0 Å². The first-order valence-electron chi connectivity index (χ1n) is 4.76. The highest BCUT2D eigenvalue weighted by Gasteiger charge is 2.28. The minimum atomic E-state index is -2.90. The van der Waals surface area contributed by atoms with Gasteiger partial charge in [-0.1, -0.05) is 0 Å². The van der Waals surface area contributed by atoms with Gasteiger partial charge in [0.15, 0.2) is 9.84 Å². The van der Waals surface area contributed by atoms with Crippen molar-refractivity contribution in [1.29, 1.82) is 0 Å². The maximum atomic E-state index is 11.2. The lowest BCUT2D eigenvalue weighted by atomic mass is 10.3. The number of thiocarbonyl (C=S) groups is 1. The average molecular weight is 306 g/mol. The fraction of sp³-hybridized carbons (Fsp3) is 0.875. The van der Waals surface area contributed by atoms with Crippen molar-refractivity contribution in [2.45, 2.75) is 17.8 Å². The van der Waals surface area contributed by atoms with Gasteiger partial charge in [-0.25, -0.2) is 8.42 Å². The average Bonchev–Trinajstić information content (AvgIpc) is 2.54. The lowest BCUT2D eigenvalue weighted by molar-refractivity contribution is 0.298. The van der Waals surface area contributed by atoms with Crippen LogP contribution < -0.4 is 5.32 Å². The molecule has 0 radical (unpaired) electrons. The summed E-state index contributed by atoms with van der Waals surface area (Å²) in [4.78, 5) is 0. The summed E-state index contributed by atoms with van der Waals surface area (Å²) in [5.74, 6) is 0.589. The number of alkyl halides is 2. The molecule has 4 nitrogen and oxygen atoms in total. The predicted octanol–water partition coefficient (Wildman–Crippen LogP) is 0.911. The van der Waals surface area contributed by atoms with Gasteiger partial charge in [-0.3, -0.25) is 0 Å². The molecule has 1 N–H and O–H groups in total. The normalized spacial score (nSPS) is 25.0. The van der Waals surface area contributed by atoms with E-state index in [0.717, 1.165) is 0 Å².